The summed E-state index contributed by atoms with van der Waals surface area (Å²) in [4.78, 5) is 20.8. The van der Waals surface area contributed by atoms with Gasteiger partial charge in [0.2, 0.25) is 0 Å². The van der Waals surface area contributed by atoms with E-state index in [9.17, 15) is 5.11 Å². The molecular weight excluding hydrogens is 442 g/mol. The minimum atomic E-state index is -0.555. The minimum absolute atomic E-state index is 0.257. The van der Waals surface area contributed by atoms with Gasteiger partial charge in [0.05, 0.1) is 27.5 Å². The van der Waals surface area contributed by atoms with E-state index in [-0.39, 0.29) is 6.61 Å². The van der Waals surface area contributed by atoms with Crippen LogP contribution in [0.15, 0.2) is 28.9 Å². The van der Waals surface area contributed by atoms with E-state index in [4.69, 9.17) is 9.26 Å². The van der Waals surface area contributed by atoms with E-state index >= 15 is 0 Å². The van der Waals surface area contributed by atoms with E-state index in [1.807, 2.05) is 32.0 Å². The summed E-state index contributed by atoms with van der Waals surface area (Å²) in [7, 11) is 0. The van der Waals surface area contributed by atoms with Crippen LogP contribution in [0.1, 0.15) is 16.5 Å². The standard InChI is InChI=1S/C22H27N7O3S/c1-14-10-23-21(24-14)22-26-20(27-32-22)12-29-7-5-28(6-8-29)11-16(30)13-31-17-3-4-19-18(9-17)25-15(2)33-19/h3-4,9-10,16,30H,5-8,11-13H2,1-2H3,(H,23,24)/t16-/m1/s1. The number of benzene rings is 1. The number of piperazine rings is 1. The zero-order valence-electron chi connectivity index (χ0n) is 18.7. The Bertz CT molecular complexity index is 1210. The number of aromatic amines is 1. The molecule has 1 atom stereocenters. The van der Waals surface area contributed by atoms with Crippen LogP contribution in [0.4, 0.5) is 0 Å². The molecule has 1 aliphatic rings. The lowest BCUT2D eigenvalue weighted by Crippen LogP contribution is -2.48. The fourth-order valence-electron chi connectivity index (χ4n) is 3.92. The van der Waals surface area contributed by atoms with Crippen molar-refractivity contribution in [3.05, 3.63) is 40.9 Å². The maximum absolute atomic E-state index is 10.5. The average Bonchev–Trinajstić information content (AvgIpc) is 3.52. The van der Waals surface area contributed by atoms with Crippen molar-refractivity contribution >= 4 is 21.6 Å². The first kappa shape index (κ1) is 22.0. The number of β-amino-alcohol motifs (C(OH)–C–C–N with tert-alkyl or cyclic N) is 1. The molecule has 4 aromatic rings. The zero-order valence-corrected chi connectivity index (χ0v) is 19.5. The van der Waals surface area contributed by atoms with Gasteiger partial charge in [0.25, 0.3) is 5.89 Å². The molecular formula is C22H27N7O3S. The van der Waals surface area contributed by atoms with Gasteiger partial charge in [0.1, 0.15) is 18.5 Å². The van der Waals surface area contributed by atoms with Crippen LogP contribution in [-0.4, -0.2) is 85.4 Å². The Morgan fingerprint density at radius 3 is 2.76 bits per heavy atom. The van der Waals surface area contributed by atoms with Gasteiger partial charge in [-0.1, -0.05) is 5.16 Å². The molecule has 10 nitrogen and oxygen atoms in total. The number of hydrogen-bond acceptors (Lipinski definition) is 10. The molecule has 0 bridgehead atoms. The lowest BCUT2D eigenvalue weighted by Gasteiger charge is -2.34. The second kappa shape index (κ2) is 9.56. The molecule has 0 amide bonds. The van der Waals surface area contributed by atoms with Gasteiger partial charge in [-0.25, -0.2) is 9.97 Å². The van der Waals surface area contributed by atoms with E-state index in [2.05, 4.69) is 34.9 Å². The molecule has 11 heteroatoms. The van der Waals surface area contributed by atoms with Gasteiger partial charge < -0.3 is 19.4 Å². The number of rotatable bonds is 8. The quantitative estimate of drug-likeness (QED) is 0.401. The highest BCUT2D eigenvalue weighted by molar-refractivity contribution is 7.18. The van der Waals surface area contributed by atoms with E-state index in [1.165, 1.54) is 0 Å². The highest BCUT2D eigenvalue weighted by Gasteiger charge is 2.21. The molecule has 2 N–H and O–H groups in total. The predicted molar refractivity (Wildman–Crippen MR) is 124 cm³/mol. The SMILES string of the molecule is Cc1c[nH]c(-c2nc(CN3CCN(C[C@@H](O)COc4ccc5sc(C)nc5c4)CC3)no2)n1. The van der Waals surface area contributed by atoms with Crippen LogP contribution >= 0.6 is 11.3 Å². The van der Waals surface area contributed by atoms with Crippen LogP contribution in [0.3, 0.4) is 0 Å². The Kier molecular flexibility index (Phi) is 6.36. The normalized spacial score (nSPS) is 16.5. The zero-order chi connectivity index (χ0) is 22.8. The number of nitrogens with one attached hydrogen (secondary N) is 1. The Morgan fingerprint density at radius 2 is 1.97 bits per heavy atom. The molecule has 1 aliphatic heterocycles. The summed E-state index contributed by atoms with van der Waals surface area (Å²) >= 11 is 1.67. The summed E-state index contributed by atoms with van der Waals surface area (Å²) in [6.07, 6.45) is 1.25. The number of imidazole rings is 1. The molecule has 1 aromatic carbocycles. The molecule has 0 saturated carbocycles. The molecule has 33 heavy (non-hydrogen) atoms. The summed E-state index contributed by atoms with van der Waals surface area (Å²) in [5.74, 6) is 2.38. The number of hydrogen-bond donors (Lipinski definition) is 2. The Balaban J connectivity index is 1.05. The van der Waals surface area contributed by atoms with Gasteiger partial charge in [-0.2, -0.15) is 4.98 Å². The molecule has 174 valence electrons. The summed E-state index contributed by atoms with van der Waals surface area (Å²) in [5.41, 5.74) is 1.82. The van der Waals surface area contributed by atoms with Crippen LogP contribution in [0.25, 0.3) is 21.9 Å². The van der Waals surface area contributed by atoms with Crippen molar-refractivity contribution in [3.8, 4) is 17.5 Å². The molecule has 4 heterocycles. The van der Waals surface area contributed by atoms with Crippen molar-refractivity contribution in [3.63, 3.8) is 0 Å². The van der Waals surface area contributed by atoms with Crippen LogP contribution in [0, 0.1) is 13.8 Å². The molecule has 5 rings (SSSR count). The maximum atomic E-state index is 10.5. The van der Waals surface area contributed by atoms with Gasteiger partial charge >= 0.3 is 0 Å². The Labute approximate surface area is 195 Å². The third-order valence-corrected chi connectivity index (χ3v) is 6.54. The maximum Gasteiger partial charge on any atom is 0.293 e. The Hall–Kier alpha value is -2.86. The topological polar surface area (TPSA) is 116 Å². The van der Waals surface area contributed by atoms with Crippen molar-refractivity contribution in [2.75, 3.05) is 39.3 Å². The van der Waals surface area contributed by atoms with E-state index in [0.717, 1.165) is 52.8 Å². The van der Waals surface area contributed by atoms with Crippen LogP contribution < -0.4 is 4.74 Å². The third kappa shape index (κ3) is 5.38. The molecule has 0 radical (unpaired) electrons. The monoisotopic (exact) mass is 469 g/mol. The fourth-order valence-corrected chi connectivity index (χ4v) is 4.73. The first-order chi connectivity index (χ1) is 16.0. The summed E-state index contributed by atoms with van der Waals surface area (Å²) in [6, 6.07) is 5.88. The van der Waals surface area contributed by atoms with Crippen molar-refractivity contribution < 1.29 is 14.4 Å². The third-order valence-electron chi connectivity index (χ3n) is 5.58. The van der Waals surface area contributed by atoms with Gasteiger partial charge in [-0.15, -0.1) is 11.3 Å². The first-order valence-corrected chi connectivity index (χ1v) is 11.8. The van der Waals surface area contributed by atoms with E-state index in [0.29, 0.717) is 30.6 Å². The molecule has 3 aromatic heterocycles. The largest absolute Gasteiger partial charge is 0.491 e. The van der Waals surface area contributed by atoms with Gasteiger partial charge in [-0.05, 0) is 26.0 Å². The molecule has 0 unspecified atom stereocenters. The predicted octanol–water partition coefficient (Wildman–Crippen LogP) is 2.24. The van der Waals surface area contributed by atoms with Crippen molar-refractivity contribution in [1.29, 1.82) is 0 Å². The lowest BCUT2D eigenvalue weighted by molar-refractivity contribution is 0.0440. The molecule has 0 spiro atoms. The average molecular weight is 470 g/mol. The number of ether oxygens (including phenoxy) is 1. The molecule has 0 aliphatic carbocycles. The summed E-state index contributed by atoms with van der Waals surface area (Å²) in [6.45, 7) is 8.84. The first-order valence-electron chi connectivity index (χ1n) is 11.0. The van der Waals surface area contributed by atoms with Gasteiger partial charge in [-0.3, -0.25) is 9.80 Å². The van der Waals surface area contributed by atoms with E-state index in [1.54, 1.807) is 17.5 Å². The Morgan fingerprint density at radius 1 is 1.15 bits per heavy atom. The number of aryl methyl sites for hydroxylation is 2. The molecule has 1 fully saturated rings. The van der Waals surface area contributed by atoms with Crippen LogP contribution in [-0.2, 0) is 6.54 Å². The smallest absolute Gasteiger partial charge is 0.293 e. The van der Waals surface area contributed by atoms with Gasteiger partial charge in [0, 0.05) is 45.0 Å². The number of fused-ring (bicyclic) bond motifs is 1. The summed E-state index contributed by atoms with van der Waals surface area (Å²) < 4.78 is 12.3. The number of H-pyrrole nitrogens is 1. The number of thiazole rings is 1. The number of aliphatic hydroxyl groups is 1. The number of nitrogens with zero attached hydrogens (tertiary/aromatic N) is 6. The number of aliphatic hydroxyl groups excluding tert-OH is 1. The van der Waals surface area contributed by atoms with Crippen LogP contribution in [0.5, 0.6) is 5.75 Å². The second-order valence-corrected chi connectivity index (χ2v) is 9.54. The number of aromatic nitrogens is 5. The highest BCUT2D eigenvalue weighted by atomic mass is 32.1. The van der Waals surface area contributed by atoms with Crippen molar-refractivity contribution in [2.24, 2.45) is 0 Å². The van der Waals surface area contributed by atoms with Crippen molar-refractivity contribution in [2.45, 2.75) is 26.5 Å². The second-order valence-electron chi connectivity index (χ2n) is 8.31. The van der Waals surface area contributed by atoms with E-state index < -0.39 is 6.10 Å². The van der Waals surface area contributed by atoms with Crippen LogP contribution in [0.2, 0.25) is 0 Å². The summed E-state index contributed by atoms with van der Waals surface area (Å²) in [5, 5.41) is 15.6. The highest BCUT2D eigenvalue weighted by Crippen LogP contribution is 2.25. The lowest BCUT2D eigenvalue weighted by atomic mass is 10.2. The fraction of sp³-hybridized carbons (Fsp3) is 0.455. The van der Waals surface area contributed by atoms with Gasteiger partial charge in [0.15, 0.2) is 11.6 Å². The molecule has 1 saturated heterocycles. The minimum Gasteiger partial charge on any atom is -0.491 e. The van der Waals surface area contributed by atoms with Crippen molar-refractivity contribution in [1.82, 2.24) is 34.9 Å².